The van der Waals surface area contributed by atoms with Crippen molar-refractivity contribution in [3.05, 3.63) is 29.8 Å². The number of rotatable bonds is 6. The van der Waals surface area contributed by atoms with Crippen molar-refractivity contribution in [3.8, 4) is 0 Å². The molecule has 0 aliphatic heterocycles. The Kier molecular flexibility index (Phi) is 5.29. The molecule has 1 aromatic rings. The van der Waals surface area contributed by atoms with Gasteiger partial charge in [-0.05, 0) is 37.6 Å². The van der Waals surface area contributed by atoms with Crippen LogP contribution in [0.4, 0.5) is 5.69 Å². The predicted molar refractivity (Wildman–Crippen MR) is 68.2 cm³/mol. The molecule has 1 unspecified atom stereocenters. The Morgan fingerprint density at radius 1 is 1.31 bits per heavy atom. The maximum Gasteiger partial charge on any atom is 0.0443 e. The lowest BCUT2D eigenvalue weighted by Gasteiger charge is -2.28. The van der Waals surface area contributed by atoms with Crippen LogP contribution in [0.25, 0.3) is 0 Å². The molecule has 16 heavy (non-hydrogen) atoms. The molecule has 0 saturated heterocycles. The van der Waals surface area contributed by atoms with Gasteiger partial charge < -0.3 is 10.8 Å². The zero-order chi connectivity index (χ0) is 12.0. The van der Waals surface area contributed by atoms with Crippen molar-refractivity contribution in [2.75, 3.05) is 25.4 Å². The van der Waals surface area contributed by atoms with Gasteiger partial charge in [0.05, 0.1) is 0 Å². The fourth-order valence-corrected chi connectivity index (χ4v) is 1.88. The first-order chi connectivity index (χ1) is 7.69. The molecule has 0 heterocycles. The quantitative estimate of drug-likeness (QED) is 0.724. The highest BCUT2D eigenvalue weighted by molar-refractivity contribution is 5.40. The molecule has 0 aliphatic carbocycles. The van der Waals surface area contributed by atoms with E-state index in [-0.39, 0.29) is 6.61 Å². The van der Waals surface area contributed by atoms with E-state index in [1.807, 2.05) is 12.1 Å². The number of nitrogens with two attached hydrogens (primary N) is 1. The van der Waals surface area contributed by atoms with Gasteiger partial charge in [0.15, 0.2) is 0 Å². The summed E-state index contributed by atoms with van der Waals surface area (Å²) in [6, 6.07) is 8.39. The van der Waals surface area contributed by atoms with Crippen LogP contribution in [-0.2, 0) is 0 Å². The van der Waals surface area contributed by atoms with Crippen LogP contribution in [0, 0.1) is 0 Å². The first-order valence-electron chi connectivity index (χ1n) is 5.89. The van der Waals surface area contributed by atoms with Crippen LogP contribution in [0.2, 0.25) is 0 Å². The zero-order valence-electron chi connectivity index (χ0n) is 10.2. The highest BCUT2D eigenvalue weighted by atomic mass is 16.3. The molecule has 0 aromatic heterocycles. The van der Waals surface area contributed by atoms with Gasteiger partial charge in [0, 0.05) is 24.9 Å². The summed E-state index contributed by atoms with van der Waals surface area (Å²) >= 11 is 0. The van der Waals surface area contributed by atoms with Crippen molar-refractivity contribution >= 4 is 5.69 Å². The van der Waals surface area contributed by atoms with Crippen molar-refractivity contribution in [3.63, 3.8) is 0 Å². The third-order valence-corrected chi connectivity index (χ3v) is 2.98. The molecule has 0 saturated carbocycles. The molecule has 3 N–H and O–H groups in total. The fourth-order valence-electron chi connectivity index (χ4n) is 1.88. The van der Waals surface area contributed by atoms with Gasteiger partial charge in [-0.1, -0.05) is 19.1 Å². The summed E-state index contributed by atoms with van der Waals surface area (Å²) in [5.41, 5.74) is 7.74. The molecule has 1 atom stereocenters. The topological polar surface area (TPSA) is 49.5 Å². The first kappa shape index (κ1) is 13.0. The average Bonchev–Trinajstić information content (AvgIpc) is 2.30. The predicted octanol–water partition coefficient (Wildman–Crippen LogP) is 2.03. The smallest absolute Gasteiger partial charge is 0.0443 e. The van der Waals surface area contributed by atoms with Gasteiger partial charge in [-0.15, -0.1) is 0 Å². The summed E-state index contributed by atoms with van der Waals surface area (Å²) in [4.78, 5) is 2.35. The molecule has 0 radical (unpaired) electrons. The minimum atomic E-state index is 0.255. The standard InChI is InChI=1S/C13H22N2O/c1-3-15(9-4-10-16)11(2)12-5-7-13(14)8-6-12/h5-8,11,16H,3-4,9-10,14H2,1-2H3. The summed E-state index contributed by atoms with van der Waals surface area (Å²) in [7, 11) is 0. The third-order valence-electron chi connectivity index (χ3n) is 2.98. The molecule has 0 amide bonds. The summed E-state index contributed by atoms with van der Waals surface area (Å²) in [6.07, 6.45) is 0.827. The van der Waals surface area contributed by atoms with Crippen LogP contribution in [0.3, 0.4) is 0 Å². The Labute approximate surface area is 97.9 Å². The molecule has 3 nitrogen and oxygen atoms in total. The van der Waals surface area contributed by atoms with Crippen LogP contribution in [0.15, 0.2) is 24.3 Å². The van der Waals surface area contributed by atoms with Crippen molar-refractivity contribution in [1.82, 2.24) is 4.90 Å². The third kappa shape index (κ3) is 3.51. The second-order valence-corrected chi connectivity index (χ2v) is 4.05. The monoisotopic (exact) mass is 222 g/mol. The minimum Gasteiger partial charge on any atom is -0.399 e. The molecular weight excluding hydrogens is 200 g/mol. The van der Waals surface area contributed by atoms with Crippen molar-refractivity contribution in [1.29, 1.82) is 0 Å². The van der Waals surface area contributed by atoms with Gasteiger partial charge in [0.1, 0.15) is 0 Å². The summed E-state index contributed by atoms with van der Waals surface area (Å²) in [5, 5.41) is 8.86. The molecule has 0 bridgehead atoms. The van der Waals surface area contributed by atoms with Crippen LogP contribution < -0.4 is 5.73 Å². The van der Waals surface area contributed by atoms with E-state index in [0.717, 1.165) is 25.2 Å². The number of nitrogen functional groups attached to an aromatic ring is 1. The second kappa shape index (κ2) is 6.51. The van der Waals surface area contributed by atoms with E-state index < -0.39 is 0 Å². The van der Waals surface area contributed by atoms with Crippen LogP contribution in [-0.4, -0.2) is 29.7 Å². The molecular formula is C13H22N2O. The van der Waals surface area contributed by atoms with Crippen molar-refractivity contribution in [2.24, 2.45) is 0 Å². The fraction of sp³-hybridized carbons (Fsp3) is 0.538. The largest absolute Gasteiger partial charge is 0.399 e. The van der Waals surface area contributed by atoms with Gasteiger partial charge in [-0.25, -0.2) is 0 Å². The average molecular weight is 222 g/mol. The van der Waals surface area contributed by atoms with Crippen LogP contribution in [0.1, 0.15) is 31.9 Å². The molecule has 1 rings (SSSR count). The normalized spacial score (nSPS) is 13.0. The highest BCUT2D eigenvalue weighted by Gasteiger charge is 2.13. The first-order valence-corrected chi connectivity index (χ1v) is 5.89. The van der Waals surface area contributed by atoms with Gasteiger partial charge in [-0.3, -0.25) is 4.90 Å². The molecule has 90 valence electrons. The van der Waals surface area contributed by atoms with E-state index in [4.69, 9.17) is 10.8 Å². The van der Waals surface area contributed by atoms with Gasteiger partial charge in [0.25, 0.3) is 0 Å². The number of nitrogens with zero attached hydrogens (tertiary/aromatic N) is 1. The number of hydrogen-bond acceptors (Lipinski definition) is 3. The Hall–Kier alpha value is -1.06. The van der Waals surface area contributed by atoms with E-state index in [1.165, 1.54) is 5.56 Å². The Bertz CT molecular complexity index is 297. The Balaban J connectivity index is 2.66. The lowest BCUT2D eigenvalue weighted by atomic mass is 10.1. The van der Waals surface area contributed by atoms with Crippen molar-refractivity contribution < 1.29 is 5.11 Å². The lowest BCUT2D eigenvalue weighted by Crippen LogP contribution is -2.28. The van der Waals surface area contributed by atoms with E-state index in [9.17, 15) is 0 Å². The number of anilines is 1. The SMILES string of the molecule is CCN(CCCO)C(C)c1ccc(N)cc1. The number of benzene rings is 1. The number of aliphatic hydroxyl groups excluding tert-OH is 1. The minimum absolute atomic E-state index is 0.255. The van der Waals surface area contributed by atoms with Crippen LogP contribution >= 0.6 is 0 Å². The molecule has 0 spiro atoms. The lowest BCUT2D eigenvalue weighted by molar-refractivity contribution is 0.191. The molecule has 3 heteroatoms. The van der Waals surface area contributed by atoms with E-state index in [2.05, 4.69) is 30.9 Å². The Morgan fingerprint density at radius 2 is 1.94 bits per heavy atom. The molecule has 1 aromatic carbocycles. The van der Waals surface area contributed by atoms with E-state index in [1.54, 1.807) is 0 Å². The zero-order valence-corrected chi connectivity index (χ0v) is 10.2. The molecule has 0 fully saturated rings. The summed E-state index contributed by atoms with van der Waals surface area (Å²) in [6.45, 7) is 6.51. The Morgan fingerprint density at radius 3 is 2.44 bits per heavy atom. The van der Waals surface area contributed by atoms with Crippen LogP contribution in [0.5, 0.6) is 0 Å². The summed E-state index contributed by atoms with van der Waals surface area (Å²) < 4.78 is 0. The maximum absolute atomic E-state index is 8.86. The van der Waals surface area contributed by atoms with E-state index >= 15 is 0 Å². The summed E-state index contributed by atoms with van der Waals surface area (Å²) in [5.74, 6) is 0. The van der Waals surface area contributed by atoms with Gasteiger partial charge >= 0.3 is 0 Å². The number of aliphatic hydroxyl groups is 1. The highest BCUT2D eigenvalue weighted by Crippen LogP contribution is 2.20. The number of hydrogen-bond donors (Lipinski definition) is 2. The van der Waals surface area contributed by atoms with E-state index in [0.29, 0.717) is 6.04 Å². The van der Waals surface area contributed by atoms with Gasteiger partial charge in [-0.2, -0.15) is 0 Å². The van der Waals surface area contributed by atoms with Crippen molar-refractivity contribution in [2.45, 2.75) is 26.3 Å². The second-order valence-electron chi connectivity index (χ2n) is 4.05. The maximum atomic E-state index is 8.86. The van der Waals surface area contributed by atoms with Gasteiger partial charge in [0.2, 0.25) is 0 Å². The molecule has 0 aliphatic rings.